The molecule has 4 aromatic rings. The number of ether oxygens (including phenoxy) is 1. The molecular weight excluding hydrogens is 561 g/mol. The van der Waals surface area contributed by atoms with Gasteiger partial charge in [0.05, 0.1) is 6.10 Å². The van der Waals surface area contributed by atoms with Crippen LogP contribution in [0.4, 0.5) is 0 Å². The van der Waals surface area contributed by atoms with Gasteiger partial charge in [0.15, 0.2) is 0 Å². The van der Waals surface area contributed by atoms with Crippen LogP contribution in [0.1, 0.15) is 41.5 Å². The van der Waals surface area contributed by atoms with Gasteiger partial charge in [-0.25, -0.2) is 0 Å². The van der Waals surface area contributed by atoms with Gasteiger partial charge in [0.2, 0.25) is 0 Å². The highest BCUT2D eigenvalue weighted by molar-refractivity contribution is 7.00. The summed E-state index contributed by atoms with van der Waals surface area (Å²) in [4.78, 5) is 0. The van der Waals surface area contributed by atoms with Crippen LogP contribution in [-0.2, 0) is 13.6 Å². The minimum atomic E-state index is -2.85. The molecule has 0 saturated carbocycles. The molecule has 3 nitrogen and oxygen atoms in total. The number of rotatable bonds is 8. The summed E-state index contributed by atoms with van der Waals surface area (Å²) in [7, 11) is -5.69. The van der Waals surface area contributed by atoms with Crippen LogP contribution < -0.4 is 20.7 Å². The van der Waals surface area contributed by atoms with Gasteiger partial charge in [-0.15, -0.1) is 0 Å². The minimum Gasteiger partial charge on any atom is -0.399 e. The van der Waals surface area contributed by atoms with Crippen LogP contribution in [0.2, 0.25) is 10.1 Å². The predicted molar refractivity (Wildman–Crippen MR) is 183 cm³/mol. The maximum absolute atomic E-state index is 7.77. The zero-order valence-electron chi connectivity index (χ0n) is 26.2. The van der Waals surface area contributed by atoms with Crippen molar-refractivity contribution in [2.24, 2.45) is 0 Å². The maximum Gasteiger partial charge on any atom is 0.262 e. The lowest BCUT2D eigenvalue weighted by Gasteiger charge is -2.49. The second kappa shape index (κ2) is 11.5. The van der Waals surface area contributed by atoms with Gasteiger partial charge < -0.3 is 13.6 Å². The van der Waals surface area contributed by atoms with E-state index in [1.807, 2.05) is 0 Å². The molecule has 1 aliphatic heterocycles. The summed E-state index contributed by atoms with van der Waals surface area (Å²) in [6, 6.07) is 43.5. The molecule has 1 heterocycles. The zero-order chi connectivity index (χ0) is 30.3. The molecule has 0 amide bonds. The van der Waals surface area contributed by atoms with E-state index in [2.05, 4.69) is 175 Å². The van der Waals surface area contributed by atoms with Crippen LogP contribution in [-0.4, -0.2) is 41.1 Å². The highest BCUT2D eigenvalue weighted by Crippen LogP contribution is 2.45. The Kier molecular flexibility index (Phi) is 7.99. The molecule has 2 aliphatic rings. The normalized spacial score (nSPS) is 22.2. The van der Waals surface area contributed by atoms with Crippen LogP contribution in [0.3, 0.4) is 0 Å². The molecule has 1 saturated heterocycles. The first-order valence-electron chi connectivity index (χ1n) is 15.5. The molecule has 0 spiro atoms. The minimum absolute atomic E-state index is 0.0325. The molecule has 43 heavy (non-hydrogen) atoms. The van der Waals surface area contributed by atoms with Crippen molar-refractivity contribution in [3.8, 4) is 0 Å². The lowest BCUT2D eigenvalue weighted by Crippen LogP contribution is -2.71. The Labute approximate surface area is 259 Å². The first-order valence-corrected chi connectivity index (χ1v) is 19.3. The summed E-state index contributed by atoms with van der Waals surface area (Å²) >= 11 is 0. The summed E-state index contributed by atoms with van der Waals surface area (Å²) in [5.74, 6) is 0. The number of benzene rings is 4. The summed E-state index contributed by atoms with van der Waals surface area (Å²) in [5.41, 5.74) is 0. The van der Waals surface area contributed by atoms with E-state index in [9.17, 15) is 0 Å². The van der Waals surface area contributed by atoms with Crippen molar-refractivity contribution in [2.75, 3.05) is 0 Å². The van der Waals surface area contributed by atoms with Gasteiger partial charge in [0.1, 0.15) is 18.3 Å². The van der Waals surface area contributed by atoms with Gasteiger partial charge in [-0.05, 0) is 30.8 Å². The van der Waals surface area contributed by atoms with Crippen molar-refractivity contribution in [1.82, 2.24) is 0 Å². The Morgan fingerprint density at radius 3 is 1.19 bits per heavy atom. The molecule has 0 unspecified atom stereocenters. The fourth-order valence-corrected chi connectivity index (χ4v) is 16.4. The monoisotopic (exact) mass is 604 g/mol. The summed E-state index contributed by atoms with van der Waals surface area (Å²) in [5, 5.41) is 4.78. The predicted octanol–water partition coefficient (Wildman–Crippen LogP) is 6.21. The van der Waals surface area contributed by atoms with Crippen molar-refractivity contribution in [3.63, 3.8) is 0 Å². The maximum atomic E-state index is 7.77. The Hall–Kier alpha value is -3.07. The highest BCUT2D eigenvalue weighted by atomic mass is 28.4. The number of epoxide rings is 1. The van der Waals surface area contributed by atoms with E-state index in [-0.39, 0.29) is 34.5 Å². The molecule has 6 rings (SSSR count). The SMILES string of the molecule is CC(C)(C)[Si](O[C@@H]1[C@H]2O[C@H]2C=C[C@@H]1O[Si](c1ccccc1)(c1ccccc1)C(C)(C)C)(c1ccccc1)c1ccccc1. The fourth-order valence-electron chi connectivity index (χ4n) is 7.10. The molecule has 5 heteroatoms. The summed E-state index contributed by atoms with van der Waals surface area (Å²) in [6.45, 7) is 14.0. The Morgan fingerprint density at radius 2 is 0.837 bits per heavy atom. The van der Waals surface area contributed by atoms with Crippen LogP contribution >= 0.6 is 0 Å². The first-order chi connectivity index (χ1) is 20.6. The van der Waals surface area contributed by atoms with E-state index >= 15 is 0 Å². The second-order valence-electron chi connectivity index (χ2n) is 13.9. The summed E-state index contributed by atoms with van der Waals surface area (Å²) < 4.78 is 21.8. The van der Waals surface area contributed by atoms with Crippen LogP contribution in [0, 0.1) is 0 Å². The fraction of sp³-hybridized carbons (Fsp3) is 0.316. The molecular formula is C38H44O3Si2. The topological polar surface area (TPSA) is 31.0 Å². The molecule has 0 N–H and O–H groups in total. The second-order valence-corrected chi connectivity index (χ2v) is 22.4. The highest BCUT2D eigenvalue weighted by Gasteiger charge is 2.60. The Balaban J connectivity index is 1.51. The van der Waals surface area contributed by atoms with E-state index < -0.39 is 16.6 Å². The molecule has 0 radical (unpaired) electrons. The van der Waals surface area contributed by atoms with E-state index in [4.69, 9.17) is 13.6 Å². The van der Waals surface area contributed by atoms with Crippen LogP contribution in [0.15, 0.2) is 133 Å². The van der Waals surface area contributed by atoms with Gasteiger partial charge in [0, 0.05) is 0 Å². The average molecular weight is 605 g/mol. The number of hydrogen-bond donors (Lipinski definition) is 0. The molecule has 4 atom stereocenters. The van der Waals surface area contributed by atoms with Crippen molar-refractivity contribution in [3.05, 3.63) is 133 Å². The zero-order valence-corrected chi connectivity index (χ0v) is 28.2. The van der Waals surface area contributed by atoms with Gasteiger partial charge in [-0.2, -0.15) is 0 Å². The van der Waals surface area contributed by atoms with Crippen molar-refractivity contribution >= 4 is 37.4 Å². The third-order valence-electron chi connectivity index (χ3n) is 9.16. The lowest BCUT2D eigenvalue weighted by atomic mass is 10.0. The standard InChI is InChI=1S/C38H44O3Si2/c1-37(2,3)42(29-19-11-7-12-20-29,30-21-13-8-14-22-30)40-34-28-27-33-35(39-33)36(34)41-43(38(4,5)6,31-23-15-9-16-24-31)32-25-17-10-18-26-32/h7-28,33-36H,1-6H3/t33-,34-,35-,36-/m0/s1. The van der Waals surface area contributed by atoms with Gasteiger partial charge in [-0.1, -0.05) is 175 Å². The number of hydrogen-bond acceptors (Lipinski definition) is 3. The van der Waals surface area contributed by atoms with E-state index in [0.717, 1.165) is 0 Å². The third-order valence-corrected chi connectivity index (χ3v) is 19.2. The van der Waals surface area contributed by atoms with E-state index in [1.165, 1.54) is 20.7 Å². The van der Waals surface area contributed by atoms with Crippen molar-refractivity contribution < 1.29 is 13.6 Å². The molecule has 1 aliphatic carbocycles. The smallest absolute Gasteiger partial charge is 0.262 e. The van der Waals surface area contributed by atoms with E-state index in [1.54, 1.807) is 0 Å². The Morgan fingerprint density at radius 1 is 0.488 bits per heavy atom. The van der Waals surface area contributed by atoms with E-state index in [0.29, 0.717) is 0 Å². The molecule has 0 aromatic heterocycles. The summed E-state index contributed by atoms with van der Waals surface area (Å²) in [6.07, 6.45) is 3.95. The van der Waals surface area contributed by atoms with Crippen LogP contribution in [0.25, 0.3) is 0 Å². The third kappa shape index (κ3) is 5.32. The molecule has 4 aromatic carbocycles. The van der Waals surface area contributed by atoms with Gasteiger partial charge >= 0.3 is 0 Å². The Bertz CT molecular complexity index is 1450. The molecule has 1 fully saturated rings. The average Bonchev–Trinajstić information content (AvgIpc) is 3.80. The van der Waals surface area contributed by atoms with Crippen molar-refractivity contribution in [1.29, 1.82) is 0 Å². The lowest BCUT2D eigenvalue weighted by molar-refractivity contribution is 0.0481. The molecule has 222 valence electrons. The number of fused-ring (bicyclic) bond motifs is 1. The quantitative estimate of drug-likeness (QED) is 0.136. The van der Waals surface area contributed by atoms with Crippen molar-refractivity contribution in [2.45, 2.75) is 76.0 Å². The molecule has 0 bridgehead atoms. The van der Waals surface area contributed by atoms with Gasteiger partial charge in [0.25, 0.3) is 16.6 Å². The first kappa shape index (κ1) is 30.0. The largest absolute Gasteiger partial charge is 0.399 e. The van der Waals surface area contributed by atoms with Gasteiger partial charge in [-0.3, -0.25) is 0 Å². The van der Waals surface area contributed by atoms with Crippen LogP contribution in [0.5, 0.6) is 0 Å².